The summed E-state index contributed by atoms with van der Waals surface area (Å²) in [5.41, 5.74) is 7.99. The zero-order valence-corrected chi connectivity index (χ0v) is 58.7. The van der Waals surface area contributed by atoms with E-state index in [0.717, 1.165) is 48.6 Å². The highest BCUT2D eigenvalue weighted by molar-refractivity contribution is 5.93. The van der Waals surface area contributed by atoms with Crippen LogP contribution in [0.4, 0.5) is 5.69 Å². The molecule has 8 rings (SSSR count). The van der Waals surface area contributed by atoms with E-state index in [2.05, 4.69) is 92.9 Å². The second kappa shape index (κ2) is 46.1. The summed E-state index contributed by atoms with van der Waals surface area (Å²) in [6.45, 7) is 49.4. The molecule has 8 nitrogen and oxygen atoms in total. The number of carbonyl (C=O) groups is 4. The second-order valence-corrected chi connectivity index (χ2v) is 21.8. The molecule has 2 amide bonds. The SMILES string of the molecule is CC.CC.CC.CC.CC.CC1c2cccc3cccc(c23)C1C.CCC(C)(C)C(=O)OCCc1ccccc1.CCC(C)(C)C(=O)Oc1ccc2ccccc2c1.CCC(C)C(=O)NCc1cc(C)cc(C)c1.CCC(C)C(=O)Nc1ccccc1. The van der Waals surface area contributed by atoms with Crippen LogP contribution in [0.25, 0.3) is 21.5 Å². The Morgan fingerprint density at radius 1 is 0.483 bits per heavy atom. The Kier molecular flexibility index (Phi) is 43.5. The lowest BCUT2D eigenvalue weighted by atomic mass is 9.91. The summed E-state index contributed by atoms with van der Waals surface area (Å²) >= 11 is 0. The van der Waals surface area contributed by atoms with E-state index in [1.807, 2.05) is 242 Å². The molecule has 0 aromatic heterocycles. The fraction of sp³-hybridized carbons (Fsp3) is 0.468. The molecule has 2 N–H and O–H groups in total. The van der Waals surface area contributed by atoms with Crippen LogP contribution in [0, 0.1) is 36.5 Å². The number of esters is 2. The van der Waals surface area contributed by atoms with Gasteiger partial charge in [0.1, 0.15) is 5.75 Å². The van der Waals surface area contributed by atoms with Gasteiger partial charge < -0.3 is 20.1 Å². The molecular formula is C79H118N2O6. The molecule has 0 radical (unpaired) electrons. The molecule has 1 aliphatic rings. The highest BCUT2D eigenvalue weighted by Gasteiger charge is 2.29. The van der Waals surface area contributed by atoms with Crippen LogP contribution in [-0.2, 0) is 36.9 Å². The van der Waals surface area contributed by atoms with Gasteiger partial charge in [-0.2, -0.15) is 0 Å². The standard InChI is InChI=1S/C16H18O2.C14H21NO.C14H20O2.C14H14.C11H15NO.5C2H6/c1-4-16(2,3)15(17)18-14-10-9-12-7-5-6-8-13(12)11-14;1-5-12(4)14(16)15-9-13-7-10(2)6-11(3)8-13;1-4-14(2,3)13(15)16-11-10-12-8-6-5-7-9-12;1-9-10(2)13-8-4-6-11-5-3-7-12(9)14(11)13;1-3-9(2)11(13)12-10-7-5-4-6-8-10;5*1-2/h5-11H,4H2,1-3H3;6-8,12H,5,9H2,1-4H3,(H,15,16);5-9H,4,10-11H2,1-3H3;3-10H,1-2H3;4-9H,3H2,1-2H3,(H,12,13);5*1-2H3. The molecule has 0 saturated carbocycles. The van der Waals surface area contributed by atoms with Gasteiger partial charge in [-0.25, -0.2) is 0 Å². The van der Waals surface area contributed by atoms with Crippen LogP contribution in [0.2, 0.25) is 0 Å². The molecule has 4 atom stereocenters. The van der Waals surface area contributed by atoms with Crippen LogP contribution in [0.5, 0.6) is 5.75 Å². The molecule has 480 valence electrons. The number of fused-ring (bicyclic) bond motifs is 1. The van der Waals surface area contributed by atoms with E-state index in [1.165, 1.54) is 44.2 Å². The van der Waals surface area contributed by atoms with E-state index in [4.69, 9.17) is 9.47 Å². The number of para-hydroxylation sites is 1. The minimum atomic E-state index is -0.439. The Bertz CT molecular complexity index is 2900. The summed E-state index contributed by atoms with van der Waals surface area (Å²) in [7, 11) is 0. The summed E-state index contributed by atoms with van der Waals surface area (Å²) in [5.74, 6) is 2.10. The molecule has 0 bridgehead atoms. The van der Waals surface area contributed by atoms with Gasteiger partial charge in [0, 0.05) is 30.5 Å². The average Bonchev–Trinajstić information content (AvgIpc) is 1.71. The molecule has 87 heavy (non-hydrogen) atoms. The van der Waals surface area contributed by atoms with Crippen molar-refractivity contribution < 1.29 is 28.7 Å². The fourth-order valence-corrected chi connectivity index (χ4v) is 8.26. The van der Waals surface area contributed by atoms with Crippen molar-refractivity contribution in [2.24, 2.45) is 22.7 Å². The largest absolute Gasteiger partial charge is 0.465 e. The first-order chi connectivity index (χ1) is 41.6. The van der Waals surface area contributed by atoms with Gasteiger partial charge in [-0.05, 0) is 147 Å². The van der Waals surface area contributed by atoms with Gasteiger partial charge >= 0.3 is 11.9 Å². The topological polar surface area (TPSA) is 111 Å². The molecule has 1 aliphatic carbocycles. The first-order valence-electron chi connectivity index (χ1n) is 32.8. The number of aryl methyl sites for hydroxylation is 2. The third kappa shape index (κ3) is 29.5. The molecule has 0 spiro atoms. The number of hydrogen-bond donors (Lipinski definition) is 2. The van der Waals surface area contributed by atoms with Crippen molar-refractivity contribution >= 4 is 51.0 Å². The first-order valence-corrected chi connectivity index (χ1v) is 32.8. The van der Waals surface area contributed by atoms with Gasteiger partial charge in [-0.1, -0.05) is 269 Å². The van der Waals surface area contributed by atoms with Gasteiger partial charge in [0.2, 0.25) is 11.8 Å². The van der Waals surface area contributed by atoms with Crippen LogP contribution in [0.15, 0.2) is 158 Å². The third-order valence-corrected chi connectivity index (χ3v) is 14.9. The summed E-state index contributed by atoms with van der Waals surface area (Å²) < 4.78 is 10.7. The number of ether oxygens (including phenoxy) is 2. The summed E-state index contributed by atoms with van der Waals surface area (Å²) in [6, 6.07) is 53.0. The van der Waals surface area contributed by atoms with Crippen molar-refractivity contribution in [3.63, 3.8) is 0 Å². The Morgan fingerprint density at radius 2 is 0.920 bits per heavy atom. The molecular weight excluding hydrogens is 1070 g/mol. The van der Waals surface area contributed by atoms with E-state index in [0.29, 0.717) is 30.7 Å². The molecule has 0 fully saturated rings. The fourth-order valence-electron chi connectivity index (χ4n) is 8.26. The first kappa shape index (κ1) is 82.0. The summed E-state index contributed by atoms with van der Waals surface area (Å²) in [5, 5.41) is 11.0. The van der Waals surface area contributed by atoms with E-state index in [1.54, 1.807) is 0 Å². The average molecular weight is 1190 g/mol. The minimum absolute atomic E-state index is 0.0835. The molecule has 7 aromatic rings. The Morgan fingerprint density at radius 3 is 1.40 bits per heavy atom. The quantitative estimate of drug-likeness (QED) is 0.0782. The molecule has 7 aromatic carbocycles. The number of benzene rings is 7. The van der Waals surface area contributed by atoms with Gasteiger partial charge in [0.25, 0.3) is 0 Å². The third-order valence-electron chi connectivity index (χ3n) is 14.9. The van der Waals surface area contributed by atoms with E-state index in [-0.39, 0.29) is 41.0 Å². The Balaban J connectivity index is 0. The van der Waals surface area contributed by atoms with Crippen molar-refractivity contribution in [2.75, 3.05) is 11.9 Å². The lowest BCUT2D eigenvalue weighted by Gasteiger charge is -2.20. The van der Waals surface area contributed by atoms with Gasteiger partial charge in [0.05, 0.1) is 17.4 Å². The normalized spacial score (nSPS) is 12.8. The maximum atomic E-state index is 12.0. The van der Waals surface area contributed by atoms with E-state index >= 15 is 0 Å². The molecule has 4 unspecified atom stereocenters. The number of amides is 2. The highest BCUT2D eigenvalue weighted by atomic mass is 16.5. The highest BCUT2D eigenvalue weighted by Crippen LogP contribution is 2.46. The second-order valence-electron chi connectivity index (χ2n) is 21.8. The maximum absolute atomic E-state index is 12.0. The minimum Gasteiger partial charge on any atom is -0.465 e. The molecule has 8 heteroatoms. The van der Waals surface area contributed by atoms with Crippen molar-refractivity contribution in [3.8, 4) is 5.75 Å². The Hall–Kier alpha value is -7.06. The maximum Gasteiger partial charge on any atom is 0.316 e. The van der Waals surface area contributed by atoms with Crippen LogP contribution >= 0.6 is 0 Å². The van der Waals surface area contributed by atoms with Crippen molar-refractivity contribution in [1.82, 2.24) is 5.32 Å². The lowest BCUT2D eigenvalue weighted by Crippen LogP contribution is -2.28. The molecule has 0 saturated heterocycles. The monoisotopic (exact) mass is 1190 g/mol. The van der Waals surface area contributed by atoms with Crippen molar-refractivity contribution in [1.29, 1.82) is 0 Å². The van der Waals surface area contributed by atoms with E-state index in [9.17, 15) is 19.2 Å². The van der Waals surface area contributed by atoms with Gasteiger partial charge in [0.15, 0.2) is 0 Å². The smallest absolute Gasteiger partial charge is 0.316 e. The van der Waals surface area contributed by atoms with Crippen LogP contribution in [0.1, 0.15) is 223 Å². The van der Waals surface area contributed by atoms with Crippen molar-refractivity contribution in [3.05, 3.63) is 191 Å². The van der Waals surface area contributed by atoms with Gasteiger partial charge in [-0.3, -0.25) is 19.2 Å². The van der Waals surface area contributed by atoms with Crippen molar-refractivity contribution in [2.45, 2.75) is 217 Å². The molecule has 0 heterocycles. The summed E-state index contributed by atoms with van der Waals surface area (Å²) in [6.07, 6.45) is 4.11. The Labute approximate surface area is 530 Å². The predicted molar refractivity (Wildman–Crippen MR) is 378 cm³/mol. The zero-order chi connectivity index (χ0) is 66.7. The van der Waals surface area contributed by atoms with Crippen LogP contribution < -0.4 is 15.4 Å². The van der Waals surface area contributed by atoms with E-state index < -0.39 is 5.41 Å². The van der Waals surface area contributed by atoms with Crippen LogP contribution in [-0.4, -0.2) is 30.4 Å². The number of carbonyl (C=O) groups excluding carboxylic acids is 4. The van der Waals surface area contributed by atoms with Gasteiger partial charge in [-0.15, -0.1) is 0 Å². The number of nitrogens with one attached hydrogen (secondary N) is 2. The number of hydrogen-bond acceptors (Lipinski definition) is 6. The lowest BCUT2D eigenvalue weighted by molar-refractivity contribution is -0.154. The van der Waals surface area contributed by atoms with Crippen LogP contribution in [0.3, 0.4) is 0 Å². The zero-order valence-electron chi connectivity index (χ0n) is 58.7. The molecule has 0 aliphatic heterocycles. The predicted octanol–water partition coefficient (Wildman–Crippen LogP) is 22.2. The summed E-state index contributed by atoms with van der Waals surface area (Å²) in [4.78, 5) is 46.7. The number of anilines is 1. The number of rotatable bonds is 15.